The van der Waals surface area contributed by atoms with Crippen molar-refractivity contribution in [2.45, 2.75) is 50.6 Å². The molecule has 0 radical (unpaired) electrons. The standard InChI is InChI=1S/C14H29N3O2/c1-14(16-2,13(15)18)8-4-5-9-17(3)12-6-10-19-11-7-12/h12,16H,4-11H2,1-3H3,(H2,15,18). The van der Waals surface area contributed by atoms with Crippen LogP contribution in [0.4, 0.5) is 0 Å². The van der Waals surface area contributed by atoms with Crippen LogP contribution in [0.15, 0.2) is 0 Å². The molecule has 1 atom stereocenters. The molecule has 0 aromatic heterocycles. The summed E-state index contributed by atoms with van der Waals surface area (Å²) in [4.78, 5) is 13.8. The third-order valence-corrected chi connectivity index (χ3v) is 4.35. The van der Waals surface area contributed by atoms with Gasteiger partial charge < -0.3 is 20.7 Å². The summed E-state index contributed by atoms with van der Waals surface area (Å²) in [5.74, 6) is -0.271. The van der Waals surface area contributed by atoms with E-state index in [2.05, 4.69) is 17.3 Å². The molecular formula is C14H29N3O2. The minimum Gasteiger partial charge on any atom is -0.381 e. The molecule has 1 unspecified atom stereocenters. The van der Waals surface area contributed by atoms with Gasteiger partial charge in [-0.3, -0.25) is 4.79 Å². The monoisotopic (exact) mass is 271 g/mol. The molecule has 5 nitrogen and oxygen atoms in total. The molecule has 0 bridgehead atoms. The first-order valence-corrected chi connectivity index (χ1v) is 7.26. The Bertz CT molecular complexity index is 280. The van der Waals surface area contributed by atoms with Crippen molar-refractivity contribution in [3.8, 4) is 0 Å². The van der Waals surface area contributed by atoms with E-state index < -0.39 is 5.54 Å². The Morgan fingerprint density at radius 1 is 1.42 bits per heavy atom. The van der Waals surface area contributed by atoms with Gasteiger partial charge in [-0.05, 0) is 59.7 Å². The van der Waals surface area contributed by atoms with Gasteiger partial charge in [-0.15, -0.1) is 0 Å². The van der Waals surface area contributed by atoms with Gasteiger partial charge in [0, 0.05) is 19.3 Å². The quantitative estimate of drug-likeness (QED) is 0.639. The van der Waals surface area contributed by atoms with E-state index in [1.807, 2.05) is 6.92 Å². The lowest BCUT2D eigenvalue weighted by Crippen LogP contribution is -2.51. The van der Waals surface area contributed by atoms with E-state index in [4.69, 9.17) is 10.5 Å². The Morgan fingerprint density at radius 3 is 2.58 bits per heavy atom. The first-order chi connectivity index (χ1) is 8.99. The zero-order valence-electron chi connectivity index (χ0n) is 12.6. The SMILES string of the molecule is CNC(C)(CCCCN(C)C1CCOCC1)C(N)=O. The number of rotatable bonds is 8. The third-order valence-electron chi connectivity index (χ3n) is 4.35. The van der Waals surface area contributed by atoms with Crippen LogP contribution in [0.3, 0.4) is 0 Å². The number of hydrogen-bond acceptors (Lipinski definition) is 4. The molecule has 5 heteroatoms. The highest BCUT2D eigenvalue weighted by atomic mass is 16.5. The first kappa shape index (κ1) is 16.4. The number of carbonyl (C=O) groups excluding carboxylic acids is 1. The van der Waals surface area contributed by atoms with Gasteiger partial charge in [0.2, 0.25) is 5.91 Å². The highest BCUT2D eigenvalue weighted by Crippen LogP contribution is 2.16. The normalized spacial score (nSPS) is 20.4. The maximum Gasteiger partial charge on any atom is 0.237 e. The molecule has 0 spiro atoms. The van der Waals surface area contributed by atoms with E-state index in [9.17, 15) is 4.79 Å². The molecule has 0 aromatic carbocycles. The van der Waals surface area contributed by atoms with Gasteiger partial charge in [0.1, 0.15) is 0 Å². The summed E-state index contributed by atoms with van der Waals surface area (Å²) in [7, 11) is 3.97. The van der Waals surface area contributed by atoms with Gasteiger partial charge in [0.25, 0.3) is 0 Å². The molecule has 19 heavy (non-hydrogen) atoms. The molecular weight excluding hydrogens is 242 g/mol. The lowest BCUT2D eigenvalue weighted by molar-refractivity contribution is -0.123. The number of carbonyl (C=O) groups is 1. The van der Waals surface area contributed by atoms with Crippen molar-refractivity contribution in [2.75, 3.05) is 33.9 Å². The fourth-order valence-corrected chi connectivity index (χ4v) is 2.52. The van der Waals surface area contributed by atoms with Crippen molar-refractivity contribution in [1.82, 2.24) is 10.2 Å². The van der Waals surface area contributed by atoms with Gasteiger partial charge in [-0.1, -0.05) is 0 Å². The molecule has 1 aliphatic rings. The van der Waals surface area contributed by atoms with E-state index in [-0.39, 0.29) is 5.91 Å². The number of amides is 1. The summed E-state index contributed by atoms with van der Waals surface area (Å²) in [5, 5.41) is 3.02. The van der Waals surface area contributed by atoms with Crippen molar-refractivity contribution in [1.29, 1.82) is 0 Å². The number of unbranched alkanes of at least 4 members (excludes halogenated alkanes) is 1. The molecule has 1 amide bonds. The summed E-state index contributed by atoms with van der Waals surface area (Å²) >= 11 is 0. The molecule has 0 aliphatic carbocycles. The molecule has 1 heterocycles. The molecule has 1 rings (SSSR count). The smallest absolute Gasteiger partial charge is 0.237 e. The van der Waals surface area contributed by atoms with Crippen LogP contribution < -0.4 is 11.1 Å². The van der Waals surface area contributed by atoms with Crippen molar-refractivity contribution in [2.24, 2.45) is 5.73 Å². The summed E-state index contributed by atoms with van der Waals surface area (Å²) in [6.07, 6.45) is 5.16. The molecule has 1 aliphatic heterocycles. The third kappa shape index (κ3) is 5.09. The van der Waals surface area contributed by atoms with Crippen LogP contribution in [0.2, 0.25) is 0 Å². The number of likely N-dealkylation sites (N-methyl/N-ethyl adjacent to an activating group) is 1. The van der Waals surface area contributed by atoms with Gasteiger partial charge in [0.15, 0.2) is 0 Å². The Balaban J connectivity index is 2.20. The number of nitrogens with two attached hydrogens (primary N) is 1. The summed E-state index contributed by atoms with van der Waals surface area (Å²) in [6.45, 7) is 4.71. The molecule has 112 valence electrons. The second kappa shape index (κ2) is 7.82. The average molecular weight is 271 g/mol. The van der Waals surface area contributed by atoms with E-state index in [1.54, 1.807) is 7.05 Å². The van der Waals surface area contributed by atoms with Crippen LogP contribution in [0.5, 0.6) is 0 Å². The zero-order chi connectivity index (χ0) is 14.3. The van der Waals surface area contributed by atoms with Gasteiger partial charge in [-0.25, -0.2) is 0 Å². The van der Waals surface area contributed by atoms with Crippen molar-refractivity contribution >= 4 is 5.91 Å². The number of ether oxygens (including phenoxy) is 1. The van der Waals surface area contributed by atoms with Crippen LogP contribution in [-0.4, -0.2) is 56.2 Å². The number of hydrogen-bond donors (Lipinski definition) is 2. The second-order valence-corrected chi connectivity index (χ2v) is 5.73. The Morgan fingerprint density at radius 2 is 2.05 bits per heavy atom. The predicted molar refractivity (Wildman–Crippen MR) is 77.0 cm³/mol. The Labute approximate surface area is 116 Å². The first-order valence-electron chi connectivity index (χ1n) is 7.26. The van der Waals surface area contributed by atoms with Crippen molar-refractivity contribution in [3.63, 3.8) is 0 Å². The highest BCUT2D eigenvalue weighted by Gasteiger charge is 2.28. The average Bonchev–Trinajstić information content (AvgIpc) is 2.43. The van der Waals surface area contributed by atoms with Crippen LogP contribution in [0.1, 0.15) is 39.0 Å². The van der Waals surface area contributed by atoms with Crippen molar-refractivity contribution in [3.05, 3.63) is 0 Å². The van der Waals surface area contributed by atoms with Crippen LogP contribution in [-0.2, 0) is 9.53 Å². The molecule has 0 aromatic rings. The largest absolute Gasteiger partial charge is 0.381 e. The van der Waals surface area contributed by atoms with Gasteiger partial charge in [0.05, 0.1) is 5.54 Å². The van der Waals surface area contributed by atoms with Crippen LogP contribution >= 0.6 is 0 Å². The second-order valence-electron chi connectivity index (χ2n) is 5.73. The van der Waals surface area contributed by atoms with Crippen molar-refractivity contribution < 1.29 is 9.53 Å². The molecule has 1 fully saturated rings. The van der Waals surface area contributed by atoms with Crippen LogP contribution in [0, 0.1) is 0 Å². The highest BCUT2D eigenvalue weighted by molar-refractivity contribution is 5.84. The Hall–Kier alpha value is -0.650. The lowest BCUT2D eigenvalue weighted by atomic mass is 9.94. The maximum absolute atomic E-state index is 11.4. The summed E-state index contributed by atoms with van der Waals surface area (Å²) in [5.41, 5.74) is 4.84. The fraction of sp³-hybridized carbons (Fsp3) is 0.929. The number of nitrogens with zero attached hydrogens (tertiary/aromatic N) is 1. The van der Waals surface area contributed by atoms with E-state index in [0.29, 0.717) is 6.04 Å². The Kier molecular flexibility index (Phi) is 6.75. The maximum atomic E-state index is 11.4. The van der Waals surface area contributed by atoms with Gasteiger partial charge in [-0.2, -0.15) is 0 Å². The van der Waals surface area contributed by atoms with Crippen LogP contribution in [0.25, 0.3) is 0 Å². The lowest BCUT2D eigenvalue weighted by Gasteiger charge is -2.31. The van der Waals surface area contributed by atoms with E-state index >= 15 is 0 Å². The predicted octanol–water partition coefficient (Wildman–Crippen LogP) is 0.731. The molecule has 3 N–H and O–H groups in total. The van der Waals surface area contributed by atoms with Gasteiger partial charge >= 0.3 is 0 Å². The fourth-order valence-electron chi connectivity index (χ4n) is 2.52. The summed E-state index contributed by atoms with van der Waals surface area (Å²) < 4.78 is 5.37. The minimum atomic E-state index is -0.572. The topological polar surface area (TPSA) is 67.6 Å². The molecule has 1 saturated heterocycles. The zero-order valence-corrected chi connectivity index (χ0v) is 12.6. The van der Waals surface area contributed by atoms with E-state index in [1.165, 1.54) is 0 Å². The number of nitrogens with one attached hydrogen (secondary N) is 1. The van der Waals surface area contributed by atoms with E-state index in [0.717, 1.165) is 51.9 Å². The molecule has 0 saturated carbocycles. The summed E-state index contributed by atoms with van der Waals surface area (Å²) in [6, 6.07) is 0.653. The minimum absolute atomic E-state index is 0.271. The number of primary amides is 1.